The molecule has 0 aromatic heterocycles. The number of amides is 2. The maximum Gasteiger partial charge on any atom is 0.407 e. The number of carbonyl (C=O) groups is 2. The molecule has 96 heavy (non-hydrogen) atoms. The number of carbonyl (C=O) groups excluding carboxylic acids is 2. The van der Waals surface area contributed by atoms with Crippen LogP contribution in [0.2, 0.25) is 0 Å². The van der Waals surface area contributed by atoms with Crippen LogP contribution in [0.25, 0.3) is 0 Å². The molecule has 2 rings (SSSR count). The standard InChI is InChI=1S/C21H36N2O3.C15H24N2O2.C13H29Cl2N2O.C13H31N2O.C6H13ClO.C4H9ClO.3ClH/c1-6-7-16-25-17-15-23(4,5)14-13-21(2,3)22-20(24)26-18-19-11-9-8-10-12-19;1-15(2,10-11-17(3)4)16-14(18)19-12-13-8-6-5-7-9-13;1-6-7-11-18-12-10-17(4,5)9-8-13(2,3)16(14)15;1-6-7-11-16-12-10-15(4,5)9-8-13(2,3)14;1-2-3-5-8-6-4-7;1-4(2,3)6-5;;;/h8-12H,6-7,13-18H2,1-5H3;5-9H,10-12H2,1-4H3,(H,16,18);6-12H2,1-5H3;6-12,14H2,1-5H3;2-6H2,1H3;1-3H3;3*1H/q;;2*+1;;;;;/p-2. The minimum atomic E-state index is -0.368. The fourth-order valence-electron chi connectivity index (χ4n) is 7.25. The van der Waals surface area contributed by atoms with E-state index in [9.17, 15) is 9.59 Å². The van der Waals surface area contributed by atoms with E-state index in [0.717, 1.165) is 162 Å². The summed E-state index contributed by atoms with van der Waals surface area (Å²) < 4.78 is 41.0. The van der Waals surface area contributed by atoms with E-state index in [1.54, 1.807) is 0 Å². The third-order valence-electron chi connectivity index (χ3n) is 14.5. The normalized spacial score (nSPS) is 11.8. The predicted molar refractivity (Wildman–Crippen MR) is 396 cm³/mol. The number of quaternary nitrogens is 3. The first-order valence-corrected chi connectivity index (χ1v) is 35.8. The zero-order valence-electron chi connectivity index (χ0n) is 64.6. The zero-order valence-corrected chi connectivity index (χ0v) is 69.9. The number of hydrogen-bond donors (Lipinski definition) is 3. The molecule has 2 amide bonds. The van der Waals surface area contributed by atoms with Crippen LogP contribution in [0.1, 0.15) is 192 Å². The number of alkyl carbamates (subject to hydrolysis) is 2. The number of likely N-dealkylation sites (N-methyl/N-ethyl adjacent to an activating group) is 3. The lowest BCUT2D eigenvalue weighted by Gasteiger charge is -2.34. The van der Waals surface area contributed by atoms with Gasteiger partial charge in [0.2, 0.25) is 0 Å². The molecule has 0 spiro atoms. The highest BCUT2D eigenvalue weighted by molar-refractivity contribution is 6.34. The molecule has 0 atom stereocenters. The van der Waals surface area contributed by atoms with Gasteiger partial charge < -0.3 is 100 Å². The second-order valence-corrected chi connectivity index (χ2v) is 31.3. The van der Waals surface area contributed by atoms with E-state index in [1.807, 2.05) is 137 Å². The lowest BCUT2D eigenvalue weighted by atomic mass is 10.0. The minimum absolute atomic E-state index is 0. The third-order valence-corrected chi connectivity index (χ3v) is 16.1. The summed E-state index contributed by atoms with van der Waals surface area (Å²) in [6, 6.07) is 19.4. The van der Waals surface area contributed by atoms with Crippen molar-refractivity contribution in [2.24, 2.45) is 5.73 Å². The quantitative estimate of drug-likeness (QED) is 0.0265. The highest BCUT2D eigenvalue weighted by Crippen LogP contribution is 2.24. The van der Waals surface area contributed by atoms with Gasteiger partial charge in [0.05, 0.1) is 111 Å². The van der Waals surface area contributed by atoms with E-state index < -0.39 is 0 Å². The number of halogens is 7. The summed E-state index contributed by atoms with van der Waals surface area (Å²) in [6.45, 7) is 45.0. The van der Waals surface area contributed by atoms with Crippen molar-refractivity contribution in [2.45, 2.75) is 222 Å². The smallest absolute Gasteiger partial charge is 0.407 e. The first kappa shape index (κ1) is 108. The molecule has 0 bridgehead atoms. The van der Waals surface area contributed by atoms with E-state index in [1.165, 1.54) is 36.0 Å². The maximum atomic E-state index is 12.1. The van der Waals surface area contributed by atoms with Crippen molar-refractivity contribution in [3.8, 4) is 0 Å². The number of nitrogens with two attached hydrogens (primary N) is 1. The van der Waals surface area contributed by atoms with Crippen LogP contribution in [0.3, 0.4) is 0 Å². The van der Waals surface area contributed by atoms with Gasteiger partial charge >= 0.3 is 12.2 Å². The minimum Gasteiger partial charge on any atom is -1.00 e. The molecule has 0 saturated heterocycles. The Kier molecular flexibility index (Phi) is 69.9. The number of unbranched alkanes of at least 4 members (excludes halogenated alkanes) is 4. The fourth-order valence-corrected chi connectivity index (χ4v) is 7.53. The molecule has 2 aromatic carbocycles. The Hall–Kier alpha value is -1.43. The lowest BCUT2D eigenvalue weighted by Crippen LogP contribution is -3.00. The van der Waals surface area contributed by atoms with Crippen molar-refractivity contribution < 1.29 is 93.0 Å². The summed E-state index contributed by atoms with van der Waals surface area (Å²) in [7, 11) is 17.4. The average Bonchev–Trinajstić information content (AvgIpc) is 1.05. The van der Waals surface area contributed by atoms with Crippen molar-refractivity contribution in [1.82, 2.24) is 19.5 Å². The van der Waals surface area contributed by atoms with Gasteiger partial charge in [0.25, 0.3) is 0 Å². The number of nitrogens with zero attached hydrogens (tertiary/aromatic N) is 5. The van der Waals surface area contributed by atoms with Crippen molar-refractivity contribution in [3.05, 3.63) is 71.8 Å². The Morgan fingerprint density at radius 2 is 0.781 bits per heavy atom. The SMILES string of the molecule is CC(C)(C)OCl.CCCCOCCCl.CCCCOCC[N+](C)(C)CCC(C)(C)N.CCCCOCC[N+](C)(C)CCC(C)(C)N(Cl)Cl.CCCCOCC[N+](C)(C)CCC(C)(C)NC(=O)OCc1ccccc1.CN(C)CCC(C)(C)NC(=O)OCc1ccccc1.[Cl-].[Cl-].[Cl-]. The Bertz CT molecular complexity index is 2040. The summed E-state index contributed by atoms with van der Waals surface area (Å²) in [6.07, 6.45) is 12.4. The zero-order chi connectivity index (χ0) is 72.1. The summed E-state index contributed by atoms with van der Waals surface area (Å²) in [5.41, 5.74) is 6.95. The second-order valence-electron chi connectivity index (χ2n) is 29.9. The summed E-state index contributed by atoms with van der Waals surface area (Å²) in [4.78, 5) is 25.9. The van der Waals surface area contributed by atoms with Gasteiger partial charge in [-0.1, -0.05) is 114 Å². The number of alkyl halides is 1. The Balaban J connectivity index is -0.000000206. The highest BCUT2D eigenvalue weighted by Gasteiger charge is 2.29. The topological polar surface area (TPSA) is 155 Å². The van der Waals surface area contributed by atoms with E-state index in [-0.39, 0.29) is 77.2 Å². The van der Waals surface area contributed by atoms with E-state index >= 15 is 0 Å². The van der Waals surface area contributed by atoms with Gasteiger partial charge in [-0.3, -0.25) is 4.29 Å². The molecule has 0 aliphatic heterocycles. The molecule has 0 fully saturated rings. The molecule has 0 aliphatic carbocycles. The monoisotopic (exact) mass is 1510 g/mol. The molecule has 0 aliphatic rings. The highest BCUT2D eigenvalue weighted by atomic mass is 35.5. The molecule has 0 saturated carbocycles. The fraction of sp³-hybridized carbons (Fsp3) is 0.806. The predicted octanol–water partition coefficient (Wildman–Crippen LogP) is 7.29. The molecule has 0 unspecified atom stereocenters. The van der Waals surface area contributed by atoms with Crippen molar-refractivity contribution in [2.75, 3.05) is 161 Å². The molecule has 0 radical (unpaired) electrons. The van der Waals surface area contributed by atoms with Gasteiger partial charge in [-0.05, 0) is 164 Å². The van der Waals surface area contributed by atoms with Crippen LogP contribution in [0.4, 0.5) is 9.59 Å². The lowest BCUT2D eigenvalue weighted by molar-refractivity contribution is -0.891. The van der Waals surface area contributed by atoms with Gasteiger partial charge in [-0.15, -0.1) is 15.5 Å². The second kappa shape index (κ2) is 62.2. The van der Waals surface area contributed by atoms with Crippen molar-refractivity contribution >= 4 is 59.2 Å². The average molecular weight is 1510 g/mol. The van der Waals surface area contributed by atoms with Gasteiger partial charge in [0.15, 0.2) is 0 Å². The van der Waals surface area contributed by atoms with Crippen LogP contribution in [0.15, 0.2) is 60.7 Å². The van der Waals surface area contributed by atoms with Crippen LogP contribution >= 0.6 is 47.0 Å². The van der Waals surface area contributed by atoms with Crippen molar-refractivity contribution in [1.29, 1.82) is 0 Å². The van der Waals surface area contributed by atoms with Gasteiger partial charge in [0, 0.05) is 68.2 Å². The van der Waals surface area contributed by atoms with Crippen LogP contribution in [-0.2, 0) is 45.9 Å². The van der Waals surface area contributed by atoms with E-state index in [2.05, 4.69) is 104 Å². The molecular formula is C72H143Cl7N8O9. The molecule has 2 aromatic rings. The summed E-state index contributed by atoms with van der Waals surface area (Å²) in [5.74, 6) is 0.615. The van der Waals surface area contributed by atoms with Crippen LogP contribution in [0.5, 0.6) is 0 Å². The summed E-state index contributed by atoms with van der Waals surface area (Å²) >= 11 is 22.0. The largest absolute Gasteiger partial charge is 1.00 e. The van der Waals surface area contributed by atoms with Gasteiger partial charge in [-0.25, -0.2) is 9.59 Å². The molecule has 17 nitrogen and oxygen atoms in total. The Labute approximate surface area is 627 Å². The third kappa shape index (κ3) is 78.3. The number of rotatable bonds is 42. The molecule has 24 heteroatoms. The first-order chi connectivity index (χ1) is 43.1. The van der Waals surface area contributed by atoms with Gasteiger partial charge in [0.1, 0.15) is 32.8 Å². The van der Waals surface area contributed by atoms with E-state index in [0.29, 0.717) is 25.7 Å². The molecule has 4 N–H and O–H groups in total. The Morgan fingerprint density at radius 1 is 0.479 bits per heavy atom. The molecule has 574 valence electrons. The Morgan fingerprint density at radius 3 is 1.06 bits per heavy atom. The van der Waals surface area contributed by atoms with Crippen molar-refractivity contribution in [3.63, 3.8) is 0 Å². The molecule has 0 heterocycles. The first-order valence-electron chi connectivity index (χ1n) is 34.2. The number of hydrogen-bond acceptors (Lipinski definition) is 12. The number of nitrogens with one attached hydrogen (secondary N) is 2. The molecular weight excluding hydrogens is 1370 g/mol. The van der Waals surface area contributed by atoms with Crippen LogP contribution in [0, 0.1) is 0 Å². The maximum absolute atomic E-state index is 12.1. The van der Waals surface area contributed by atoms with Gasteiger partial charge in [-0.2, -0.15) is 0 Å². The van der Waals surface area contributed by atoms with Crippen LogP contribution < -0.4 is 53.6 Å². The summed E-state index contributed by atoms with van der Waals surface area (Å²) in [5, 5.41) is 5.87. The number of ether oxygens (including phenoxy) is 6. The van der Waals surface area contributed by atoms with Crippen LogP contribution in [-0.4, -0.2) is 223 Å². The number of benzene rings is 2. The van der Waals surface area contributed by atoms with E-state index in [4.69, 9.17) is 81.2 Å².